The molecule has 1 aromatic carbocycles. The van der Waals surface area contributed by atoms with Crippen LogP contribution in [0, 0.1) is 18.6 Å². The van der Waals surface area contributed by atoms with Crippen LogP contribution in [0.2, 0.25) is 0 Å². The molecule has 0 radical (unpaired) electrons. The highest BCUT2D eigenvalue weighted by Gasteiger charge is 2.35. The maximum Gasteiger partial charge on any atom is 0.338 e. The molecule has 0 aliphatic carbocycles. The van der Waals surface area contributed by atoms with Gasteiger partial charge in [0.2, 0.25) is 0 Å². The molecule has 1 aliphatic rings. The highest BCUT2D eigenvalue weighted by atomic mass is 79.9. The Morgan fingerprint density at radius 2 is 2.03 bits per heavy atom. The van der Waals surface area contributed by atoms with Gasteiger partial charge in [-0.05, 0) is 41.9 Å². The number of hydrogen-bond donors (Lipinski definition) is 0. The first-order valence-corrected chi connectivity index (χ1v) is 9.73. The zero-order chi connectivity index (χ0) is 21.7. The van der Waals surface area contributed by atoms with E-state index < -0.39 is 29.6 Å². The van der Waals surface area contributed by atoms with Crippen molar-refractivity contribution in [2.24, 2.45) is 0 Å². The first-order valence-electron chi connectivity index (χ1n) is 8.93. The molecule has 3 aromatic rings. The summed E-state index contributed by atoms with van der Waals surface area (Å²) in [6.45, 7) is 3.25. The van der Waals surface area contributed by atoms with Gasteiger partial charge in [-0.1, -0.05) is 0 Å². The summed E-state index contributed by atoms with van der Waals surface area (Å²) in [5.41, 5.74) is 1.60. The number of carbonyl (C=O) groups excluding carboxylic acids is 2. The molecule has 10 heteroatoms. The lowest BCUT2D eigenvalue weighted by atomic mass is 10.1. The van der Waals surface area contributed by atoms with E-state index in [9.17, 15) is 18.4 Å². The monoisotopic (exact) mass is 479 g/mol. The Morgan fingerprint density at radius 3 is 2.73 bits per heavy atom. The number of nitrogens with zero attached hydrogens (tertiary/aromatic N) is 3. The van der Waals surface area contributed by atoms with Crippen LogP contribution in [-0.4, -0.2) is 34.5 Å². The summed E-state index contributed by atoms with van der Waals surface area (Å²) in [5, 5.41) is 0. The van der Waals surface area contributed by atoms with Gasteiger partial charge in [-0.25, -0.2) is 18.6 Å². The number of hydrogen-bond acceptors (Lipinski definition) is 5. The van der Waals surface area contributed by atoms with E-state index in [0.29, 0.717) is 17.0 Å². The second-order valence-corrected chi connectivity index (χ2v) is 7.68. The third-order valence-corrected chi connectivity index (χ3v) is 5.50. The van der Waals surface area contributed by atoms with Crippen LogP contribution in [0.15, 0.2) is 28.9 Å². The Bertz CT molecular complexity index is 1210. The maximum atomic E-state index is 14.7. The molecular weight excluding hydrogens is 464 g/mol. The minimum absolute atomic E-state index is 0.00860. The minimum atomic E-state index is -0.931. The van der Waals surface area contributed by atoms with Crippen LogP contribution in [0.5, 0.6) is 5.75 Å². The predicted molar refractivity (Wildman–Crippen MR) is 107 cm³/mol. The van der Waals surface area contributed by atoms with Crippen molar-refractivity contribution in [3.05, 3.63) is 57.5 Å². The quantitative estimate of drug-likeness (QED) is 0.534. The molecule has 1 atom stereocenters. The first kappa shape index (κ1) is 20.3. The van der Waals surface area contributed by atoms with E-state index >= 15 is 0 Å². The number of fused-ring (bicyclic) bond motifs is 2. The molecule has 1 amide bonds. The number of esters is 1. The molecule has 0 saturated heterocycles. The maximum absolute atomic E-state index is 14.7. The molecule has 0 fully saturated rings. The van der Waals surface area contributed by atoms with Gasteiger partial charge in [0, 0.05) is 12.3 Å². The molecule has 0 saturated carbocycles. The van der Waals surface area contributed by atoms with Crippen LogP contribution in [0.1, 0.15) is 28.7 Å². The molecule has 0 spiro atoms. The van der Waals surface area contributed by atoms with Crippen molar-refractivity contribution < 1.29 is 27.8 Å². The average molecular weight is 480 g/mol. The summed E-state index contributed by atoms with van der Waals surface area (Å²) in [7, 11) is 1.18. The summed E-state index contributed by atoms with van der Waals surface area (Å²) in [5.74, 6) is -2.54. The summed E-state index contributed by atoms with van der Waals surface area (Å²) in [6, 6.07) is 3.63. The van der Waals surface area contributed by atoms with Gasteiger partial charge >= 0.3 is 5.97 Å². The molecule has 7 nitrogen and oxygen atoms in total. The lowest BCUT2D eigenvalue weighted by Crippen LogP contribution is -2.44. The second kappa shape index (κ2) is 7.35. The van der Waals surface area contributed by atoms with Crippen molar-refractivity contribution >= 4 is 39.1 Å². The number of anilines is 1. The van der Waals surface area contributed by atoms with Gasteiger partial charge < -0.3 is 13.9 Å². The number of pyridine rings is 1. The van der Waals surface area contributed by atoms with Gasteiger partial charge in [0.05, 0.1) is 40.8 Å². The van der Waals surface area contributed by atoms with Crippen molar-refractivity contribution in [2.45, 2.75) is 26.5 Å². The topological polar surface area (TPSA) is 73.1 Å². The van der Waals surface area contributed by atoms with E-state index in [1.165, 1.54) is 37.3 Å². The number of amides is 1. The van der Waals surface area contributed by atoms with Crippen LogP contribution in [0.4, 0.5) is 14.5 Å². The Morgan fingerprint density at radius 1 is 1.30 bits per heavy atom. The van der Waals surface area contributed by atoms with E-state index in [0.717, 1.165) is 6.07 Å². The van der Waals surface area contributed by atoms with Crippen molar-refractivity contribution in [3.8, 4) is 5.75 Å². The summed E-state index contributed by atoms with van der Waals surface area (Å²) in [6.07, 6.45) is 0.584. The number of methoxy groups -OCH3 is 1. The SMILES string of the molecule is COC(=O)c1cc(F)c2c(c1)N(Cc1c(C)nc3cc(F)c(Br)cn13)C(=O)[C@@H](C)O2. The molecule has 1 aliphatic heterocycles. The van der Waals surface area contributed by atoms with Crippen molar-refractivity contribution in [1.82, 2.24) is 9.38 Å². The zero-order valence-electron chi connectivity index (χ0n) is 16.2. The number of imidazole rings is 1. The van der Waals surface area contributed by atoms with E-state index in [2.05, 4.69) is 25.7 Å². The number of halogens is 3. The fourth-order valence-corrected chi connectivity index (χ4v) is 3.73. The van der Waals surface area contributed by atoms with E-state index in [1.807, 2.05) is 0 Å². The zero-order valence-corrected chi connectivity index (χ0v) is 17.8. The Balaban J connectivity index is 1.86. The Labute approximate surface area is 178 Å². The Kier molecular flexibility index (Phi) is 4.97. The fraction of sp³-hybridized carbons (Fsp3) is 0.250. The third-order valence-electron chi connectivity index (χ3n) is 4.92. The van der Waals surface area contributed by atoms with Crippen LogP contribution < -0.4 is 9.64 Å². The van der Waals surface area contributed by atoms with Gasteiger partial charge in [-0.2, -0.15) is 0 Å². The smallest absolute Gasteiger partial charge is 0.338 e. The van der Waals surface area contributed by atoms with Crippen LogP contribution in [-0.2, 0) is 16.1 Å². The molecule has 156 valence electrons. The summed E-state index contributed by atoms with van der Waals surface area (Å²) < 4.78 is 40.6. The molecular formula is C20H16BrF2N3O4. The van der Waals surface area contributed by atoms with Gasteiger partial charge in [0.1, 0.15) is 11.5 Å². The number of aromatic nitrogens is 2. The number of rotatable bonds is 3. The number of carbonyl (C=O) groups is 2. The van der Waals surface area contributed by atoms with Gasteiger partial charge in [0.15, 0.2) is 17.7 Å². The Hall–Kier alpha value is -3.01. The number of aryl methyl sites for hydroxylation is 1. The molecule has 0 unspecified atom stereocenters. The standard InChI is InChI=1S/C20H16BrF2N3O4/c1-9-16(25-7-12(21)13(22)6-17(25)24-9)8-26-15-5-11(20(28)29-3)4-14(23)18(15)30-10(2)19(26)27/h4-7,10H,8H2,1-3H3/t10-/m1/s1. The molecule has 2 aromatic heterocycles. The molecule has 30 heavy (non-hydrogen) atoms. The normalized spacial score (nSPS) is 15.9. The third kappa shape index (κ3) is 3.20. The molecule has 0 N–H and O–H groups in total. The summed E-state index contributed by atoms with van der Waals surface area (Å²) >= 11 is 3.15. The number of ether oxygens (including phenoxy) is 2. The molecule has 0 bridgehead atoms. The van der Waals surface area contributed by atoms with Gasteiger partial charge in [-0.15, -0.1) is 0 Å². The van der Waals surface area contributed by atoms with Crippen molar-refractivity contribution in [1.29, 1.82) is 0 Å². The van der Waals surface area contributed by atoms with Gasteiger partial charge in [0.25, 0.3) is 5.91 Å². The van der Waals surface area contributed by atoms with Crippen LogP contribution in [0.3, 0.4) is 0 Å². The van der Waals surface area contributed by atoms with E-state index in [1.54, 1.807) is 11.3 Å². The lowest BCUT2D eigenvalue weighted by molar-refractivity contribution is -0.125. The summed E-state index contributed by atoms with van der Waals surface area (Å²) in [4.78, 5) is 30.5. The largest absolute Gasteiger partial charge is 0.476 e. The highest BCUT2D eigenvalue weighted by molar-refractivity contribution is 9.10. The van der Waals surface area contributed by atoms with E-state index in [-0.39, 0.29) is 28.0 Å². The second-order valence-electron chi connectivity index (χ2n) is 6.82. The van der Waals surface area contributed by atoms with Crippen LogP contribution >= 0.6 is 15.9 Å². The lowest BCUT2D eigenvalue weighted by Gasteiger charge is -2.33. The van der Waals surface area contributed by atoms with Crippen molar-refractivity contribution in [2.75, 3.05) is 12.0 Å². The fourth-order valence-electron chi connectivity index (χ4n) is 3.41. The average Bonchev–Trinajstić information content (AvgIpc) is 2.99. The first-order chi connectivity index (χ1) is 14.2. The van der Waals surface area contributed by atoms with Gasteiger partial charge in [-0.3, -0.25) is 9.69 Å². The van der Waals surface area contributed by atoms with Crippen LogP contribution in [0.25, 0.3) is 5.65 Å². The highest BCUT2D eigenvalue weighted by Crippen LogP contribution is 2.39. The van der Waals surface area contributed by atoms with Crippen molar-refractivity contribution in [3.63, 3.8) is 0 Å². The number of benzene rings is 1. The molecule has 3 heterocycles. The predicted octanol–water partition coefficient (Wildman–Crippen LogP) is 3.78. The molecule has 4 rings (SSSR count). The minimum Gasteiger partial charge on any atom is -0.476 e. The van der Waals surface area contributed by atoms with E-state index in [4.69, 9.17) is 4.74 Å².